The van der Waals surface area contributed by atoms with E-state index in [0.29, 0.717) is 23.0 Å². The van der Waals surface area contributed by atoms with Crippen LogP contribution < -0.4 is 14.9 Å². The highest BCUT2D eigenvalue weighted by molar-refractivity contribution is 5.88. The summed E-state index contributed by atoms with van der Waals surface area (Å²) in [5, 5.41) is 12.8. The number of fused-ring (bicyclic) bond motifs is 1. The first-order valence-corrected chi connectivity index (χ1v) is 8.72. The molecule has 0 bridgehead atoms. The molecule has 8 heteroatoms. The van der Waals surface area contributed by atoms with E-state index in [4.69, 9.17) is 19.0 Å². The lowest BCUT2D eigenvalue weighted by atomic mass is 10.1. The largest absolute Gasteiger partial charge is 0.478 e. The van der Waals surface area contributed by atoms with Crippen molar-refractivity contribution in [2.75, 3.05) is 6.79 Å². The highest BCUT2D eigenvalue weighted by atomic mass is 16.7. The molecule has 2 aromatic carbocycles. The van der Waals surface area contributed by atoms with Crippen LogP contribution in [0.5, 0.6) is 11.5 Å². The van der Waals surface area contributed by atoms with Crippen LogP contribution in [-0.4, -0.2) is 30.0 Å². The number of furan rings is 1. The van der Waals surface area contributed by atoms with Crippen molar-refractivity contribution >= 4 is 18.1 Å². The minimum atomic E-state index is -0.986. The van der Waals surface area contributed by atoms with Crippen molar-refractivity contribution in [2.45, 2.75) is 6.42 Å². The van der Waals surface area contributed by atoms with E-state index in [0.717, 1.165) is 11.1 Å². The molecule has 0 aliphatic carbocycles. The van der Waals surface area contributed by atoms with Gasteiger partial charge in [-0.3, -0.25) is 4.79 Å². The van der Waals surface area contributed by atoms with Gasteiger partial charge in [0.2, 0.25) is 12.7 Å². The molecular weight excluding hydrogens is 376 g/mol. The van der Waals surface area contributed by atoms with E-state index in [1.807, 2.05) is 0 Å². The van der Waals surface area contributed by atoms with E-state index in [1.165, 1.54) is 18.3 Å². The monoisotopic (exact) mass is 392 g/mol. The van der Waals surface area contributed by atoms with Crippen LogP contribution in [0.1, 0.15) is 21.7 Å². The van der Waals surface area contributed by atoms with E-state index in [-0.39, 0.29) is 24.7 Å². The van der Waals surface area contributed by atoms with Crippen molar-refractivity contribution in [3.8, 4) is 22.8 Å². The zero-order chi connectivity index (χ0) is 20.2. The maximum Gasteiger partial charge on any atom is 0.335 e. The van der Waals surface area contributed by atoms with Gasteiger partial charge in [-0.2, -0.15) is 5.10 Å². The number of carboxylic acid groups (broad SMARTS) is 1. The molecule has 0 saturated carbocycles. The number of nitrogens with one attached hydrogen (secondary N) is 1. The molecule has 0 spiro atoms. The number of ether oxygens (including phenoxy) is 2. The van der Waals surface area contributed by atoms with Crippen LogP contribution in [0, 0.1) is 0 Å². The van der Waals surface area contributed by atoms with Crippen molar-refractivity contribution in [3.63, 3.8) is 0 Å². The summed E-state index contributed by atoms with van der Waals surface area (Å²) in [5.74, 6) is 1.04. The van der Waals surface area contributed by atoms with Crippen molar-refractivity contribution < 1.29 is 28.6 Å². The summed E-state index contributed by atoms with van der Waals surface area (Å²) in [4.78, 5) is 22.9. The summed E-state index contributed by atoms with van der Waals surface area (Å²) in [5.41, 5.74) is 4.17. The Morgan fingerprint density at radius 1 is 1.03 bits per heavy atom. The molecule has 1 aliphatic heterocycles. The molecule has 3 aromatic rings. The Kier molecular flexibility index (Phi) is 4.98. The van der Waals surface area contributed by atoms with Gasteiger partial charge in [0, 0.05) is 5.56 Å². The summed E-state index contributed by atoms with van der Waals surface area (Å²) in [7, 11) is 0. The van der Waals surface area contributed by atoms with Gasteiger partial charge >= 0.3 is 5.97 Å². The molecule has 1 amide bonds. The number of benzene rings is 2. The van der Waals surface area contributed by atoms with Crippen LogP contribution in [0.2, 0.25) is 0 Å². The molecule has 1 aromatic heterocycles. The Morgan fingerprint density at radius 3 is 2.62 bits per heavy atom. The maximum atomic E-state index is 12.0. The Balaban J connectivity index is 1.33. The van der Waals surface area contributed by atoms with Gasteiger partial charge in [0.15, 0.2) is 11.5 Å². The normalized spacial score (nSPS) is 12.3. The average Bonchev–Trinajstić information content (AvgIpc) is 3.37. The zero-order valence-electron chi connectivity index (χ0n) is 15.1. The second-order valence-electron chi connectivity index (χ2n) is 6.24. The molecule has 0 unspecified atom stereocenters. The number of hydrazone groups is 1. The zero-order valence-corrected chi connectivity index (χ0v) is 15.1. The number of hydrogen-bond donors (Lipinski definition) is 2. The van der Waals surface area contributed by atoms with Gasteiger partial charge in [0.05, 0.1) is 18.2 Å². The third kappa shape index (κ3) is 4.27. The third-order valence-electron chi connectivity index (χ3n) is 4.23. The molecule has 2 heterocycles. The van der Waals surface area contributed by atoms with Gasteiger partial charge in [-0.05, 0) is 42.0 Å². The molecule has 29 heavy (non-hydrogen) atoms. The number of nitrogens with zero attached hydrogens (tertiary/aromatic N) is 1. The summed E-state index contributed by atoms with van der Waals surface area (Å²) in [6.07, 6.45) is 1.54. The Morgan fingerprint density at radius 2 is 1.83 bits per heavy atom. The van der Waals surface area contributed by atoms with Gasteiger partial charge in [-0.15, -0.1) is 0 Å². The molecule has 8 nitrogen and oxygen atoms in total. The summed E-state index contributed by atoms with van der Waals surface area (Å²) >= 11 is 0. The topological polar surface area (TPSA) is 110 Å². The second kappa shape index (κ2) is 7.89. The number of hydrogen-bond acceptors (Lipinski definition) is 6. The predicted octanol–water partition coefficient (Wildman–Crippen LogP) is 3.07. The lowest BCUT2D eigenvalue weighted by molar-refractivity contribution is -0.120. The lowest BCUT2D eigenvalue weighted by Crippen LogP contribution is -2.19. The van der Waals surface area contributed by atoms with Gasteiger partial charge in [0.1, 0.15) is 11.5 Å². The van der Waals surface area contributed by atoms with Gasteiger partial charge < -0.3 is 19.0 Å². The van der Waals surface area contributed by atoms with Crippen molar-refractivity contribution in [3.05, 3.63) is 71.5 Å². The number of carbonyl (C=O) groups excluding carboxylic acids is 1. The fourth-order valence-electron chi connectivity index (χ4n) is 2.80. The minimum absolute atomic E-state index is 0.146. The molecular formula is C21H16N2O6. The second-order valence-corrected chi connectivity index (χ2v) is 6.24. The van der Waals surface area contributed by atoms with Gasteiger partial charge in [-0.25, -0.2) is 10.2 Å². The highest BCUT2D eigenvalue weighted by Crippen LogP contribution is 2.32. The van der Waals surface area contributed by atoms with Gasteiger partial charge in [0.25, 0.3) is 0 Å². The van der Waals surface area contributed by atoms with Crippen LogP contribution in [-0.2, 0) is 11.2 Å². The predicted molar refractivity (Wildman–Crippen MR) is 103 cm³/mol. The number of rotatable bonds is 6. The van der Waals surface area contributed by atoms with Crippen LogP contribution in [0.3, 0.4) is 0 Å². The van der Waals surface area contributed by atoms with Gasteiger partial charge in [-0.1, -0.05) is 18.2 Å². The quantitative estimate of drug-likeness (QED) is 0.493. The molecule has 1 aliphatic rings. The first kappa shape index (κ1) is 18.3. The number of carbonyl (C=O) groups is 2. The minimum Gasteiger partial charge on any atom is -0.478 e. The van der Waals surface area contributed by atoms with E-state index < -0.39 is 5.97 Å². The number of amides is 1. The molecule has 0 fully saturated rings. The fourth-order valence-corrected chi connectivity index (χ4v) is 2.80. The third-order valence-corrected chi connectivity index (χ3v) is 4.23. The van der Waals surface area contributed by atoms with Crippen molar-refractivity contribution in [1.82, 2.24) is 5.43 Å². The Bertz CT molecular complexity index is 1080. The molecule has 0 saturated heterocycles. The Labute approximate surface area is 165 Å². The van der Waals surface area contributed by atoms with Crippen LogP contribution in [0.4, 0.5) is 0 Å². The molecule has 146 valence electrons. The summed E-state index contributed by atoms with van der Waals surface area (Å²) in [6.45, 7) is 0.185. The molecule has 2 N–H and O–H groups in total. The molecule has 0 radical (unpaired) electrons. The molecule has 4 rings (SSSR count). The average molecular weight is 392 g/mol. The SMILES string of the molecule is O=C(Cc1ccc2c(c1)OCO2)N/N=C\c1ccc(-c2ccc(C(=O)O)cc2)o1. The maximum absolute atomic E-state index is 12.0. The smallest absolute Gasteiger partial charge is 0.335 e. The summed E-state index contributed by atoms with van der Waals surface area (Å²) < 4.78 is 16.2. The fraction of sp³-hybridized carbons (Fsp3) is 0.0952. The van der Waals surface area contributed by atoms with Crippen LogP contribution >= 0.6 is 0 Å². The van der Waals surface area contributed by atoms with E-state index in [9.17, 15) is 9.59 Å². The number of carboxylic acids is 1. The highest BCUT2D eigenvalue weighted by Gasteiger charge is 2.14. The first-order valence-electron chi connectivity index (χ1n) is 8.72. The summed E-state index contributed by atoms with van der Waals surface area (Å²) in [6, 6.07) is 15.1. The Hall–Kier alpha value is -4.07. The first-order chi connectivity index (χ1) is 14.1. The molecule has 0 atom stereocenters. The van der Waals surface area contributed by atoms with Crippen LogP contribution in [0.25, 0.3) is 11.3 Å². The lowest BCUT2D eigenvalue weighted by Gasteiger charge is -2.02. The number of aromatic carboxylic acids is 1. The van der Waals surface area contributed by atoms with E-state index in [1.54, 1.807) is 42.5 Å². The van der Waals surface area contributed by atoms with Crippen LogP contribution in [0.15, 0.2) is 64.1 Å². The van der Waals surface area contributed by atoms with Crippen molar-refractivity contribution in [2.24, 2.45) is 5.10 Å². The van der Waals surface area contributed by atoms with E-state index in [2.05, 4.69) is 10.5 Å². The van der Waals surface area contributed by atoms with E-state index >= 15 is 0 Å². The standard InChI is InChI=1S/C21H16N2O6/c24-20(10-13-1-7-18-19(9-13)28-12-27-18)23-22-11-16-6-8-17(29-16)14-2-4-15(5-3-14)21(25)26/h1-9,11H,10,12H2,(H,23,24)(H,25,26)/b22-11-. The van der Waals surface area contributed by atoms with Crippen molar-refractivity contribution in [1.29, 1.82) is 0 Å².